The van der Waals surface area contributed by atoms with Crippen molar-refractivity contribution < 1.29 is 19.0 Å². The molecule has 0 bridgehead atoms. The predicted octanol–water partition coefficient (Wildman–Crippen LogP) is 2.31. The highest BCUT2D eigenvalue weighted by Crippen LogP contribution is 2.45. The molecule has 0 spiro atoms. The summed E-state index contributed by atoms with van der Waals surface area (Å²) in [5, 5.41) is 0. The first-order chi connectivity index (χ1) is 9.72. The van der Waals surface area contributed by atoms with Gasteiger partial charge in [0.25, 0.3) is 0 Å². The molecule has 1 saturated carbocycles. The number of rotatable bonds is 5. The third-order valence-corrected chi connectivity index (χ3v) is 3.85. The van der Waals surface area contributed by atoms with Crippen LogP contribution in [-0.4, -0.2) is 30.9 Å². The molecule has 1 aliphatic heterocycles. The fourth-order valence-electron chi connectivity index (χ4n) is 2.81. The van der Waals surface area contributed by atoms with E-state index < -0.39 is 0 Å². The fraction of sp³-hybridized carbons (Fsp3) is 0.562. The minimum Gasteiger partial charge on any atom is -0.462 e. The van der Waals surface area contributed by atoms with Crippen molar-refractivity contribution in [3.05, 3.63) is 35.9 Å². The van der Waals surface area contributed by atoms with Gasteiger partial charge in [-0.15, -0.1) is 0 Å². The monoisotopic (exact) mass is 276 g/mol. The molecule has 2 fully saturated rings. The molecule has 1 heterocycles. The minimum absolute atomic E-state index is 0.0107. The molecule has 20 heavy (non-hydrogen) atoms. The van der Waals surface area contributed by atoms with Gasteiger partial charge in [0.1, 0.15) is 6.10 Å². The standard InChI is InChI=1S/C16H20O4/c1-11(17)19-15-7-13(20-16-8-14(15)16)10-18-9-12-5-3-2-4-6-12/h2-6,13-16H,7-10H2,1H3. The maximum atomic E-state index is 11.1. The number of esters is 1. The van der Waals surface area contributed by atoms with Crippen LogP contribution in [0.1, 0.15) is 25.3 Å². The van der Waals surface area contributed by atoms with Gasteiger partial charge in [-0.05, 0) is 12.0 Å². The van der Waals surface area contributed by atoms with Crippen molar-refractivity contribution in [3.63, 3.8) is 0 Å². The van der Waals surface area contributed by atoms with Crippen LogP contribution in [0.2, 0.25) is 0 Å². The van der Waals surface area contributed by atoms with E-state index in [-0.39, 0.29) is 24.3 Å². The van der Waals surface area contributed by atoms with Gasteiger partial charge >= 0.3 is 5.97 Å². The molecule has 0 aromatic heterocycles. The lowest BCUT2D eigenvalue weighted by atomic mass is 10.1. The SMILES string of the molecule is CC(=O)OC1CC(COCc2ccccc2)OC2CC12. The zero-order valence-electron chi connectivity index (χ0n) is 11.7. The Labute approximate surface area is 119 Å². The van der Waals surface area contributed by atoms with Crippen molar-refractivity contribution in [2.24, 2.45) is 5.92 Å². The summed E-state index contributed by atoms with van der Waals surface area (Å²) in [7, 11) is 0. The van der Waals surface area contributed by atoms with Crippen LogP contribution in [0.3, 0.4) is 0 Å². The Bertz CT molecular complexity index is 459. The normalized spacial score (nSPS) is 31.4. The zero-order chi connectivity index (χ0) is 13.9. The smallest absolute Gasteiger partial charge is 0.302 e. The second kappa shape index (κ2) is 5.94. The first-order valence-electron chi connectivity index (χ1n) is 7.16. The number of carbonyl (C=O) groups is 1. The minimum atomic E-state index is -0.202. The Morgan fingerprint density at radius 3 is 2.85 bits per heavy atom. The second-order valence-corrected chi connectivity index (χ2v) is 5.58. The van der Waals surface area contributed by atoms with Crippen LogP contribution in [-0.2, 0) is 25.6 Å². The van der Waals surface area contributed by atoms with Gasteiger partial charge in [-0.1, -0.05) is 30.3 Å². The highest BCUT2D eigenvalue weighted by molar-refractivity contribution is 5.66. The van der Waals surface area contributed by atoms with Crippen molar-refractivity contribution in [2.45, 2.75) is 44.7 Å². The molecular weight excluding hydrogens is 256 g/mol. The van der Waals surface area contributed by atoms with Crippen LogP contribution in [0, 0.1) is 5.92 Å². The molecule has 3 rings (SSSR count). The van der Waals surface area contributed by atoms with E-state index in [1.54, 1.807) is 0 Å². The number of ether oxygens (including phenoxy) is 3. The third kappa shape index (κ3) is 3.38. The van der Waals surface area contributed by atoms with Crippen molar-refractivity contribution in [3.8, 4) is 0 Å². The fourth-order valence-corrected chi connectivity index (χ4v) is 2.81. The number of fused-ring (bicyclic) bond motifs is 1. The molecule has 4 atom stereocenters. The van der Waals surface area contributed by atoms with E-state index in [2.05, 4.69) is 0 Å². The summed E-state index contributed by atoms with van der Waals surface area (Å²) in [6, 6.07) is 10.1. The van der Waals surface area contributed by atoms with Crippen LogP contribution < -0.4 is 0 Å². The average Bonchev–Trinajstić information content (AvgIpc) is 3.19. The van der Waals surface area contributed by atoms with Gasteiger partial charge in [-0.3, -0.25) is 4.79 Å². The maximum Gasteiger partial charge on any atom is 0.302 e. The lowest BCUT2D eigenvalue weighted by Gasteiger charge is -2.28. The van der Waals surface area contributed by atoms with Gasteiger partial charge in [0.05, 0.1) is 25.4 Å². The lowest BCUT2D eigenvalue weighted by molar-refractivity contribution is -0.156. The van der Waals surface area contributed by atoms with E-state index in [0.29, 0.717) is 19.1 Å². The molecule has 1 aliphatic carbocycles. The molecule has 4 nitrogen and oxygen atoms in total. The summed E-state index contributed by atoms with van der Waals surface area (Å²) in [4.78, 5) is 11.1. The van der Waals surface area contributed by atoms with E-state index in [1.807, 2.05) is 30.3 Å². The summed E-state index contributed by atoms with van der Waals surface area (Å²) >= 11 is 0. The van der Waals surface area contributed by atoms with Crippen LogP contribution in [0.4, 0.5) is 0 Å². The lowest BCUT2D eigenvalue weighted by Crippen LogP contribution is -2.35. The molecule has 0 amide bonds. The van der Waals surface area contributed by atoms with Crippen molar-refractivity contribution in [1.82, 2.24) is 0 Å². The molecule has 1 aromatic carbocycles. The number of benzene rings is 1. The van der Waals surface area contributed by atoms with Crippen LogP contribution >= 0.6 is 0 Å². The summed E-state index contributed by atoms with van der Waals surface area (Å²) < 4.78 is 17.0. The topological polar surface area (TPSA) is 44.8 Å². The van der Waals surface area contributed by atoms with Crippen LogP contribution in [0.25, 0.3) is 0 Å². The Kier molecular flexibility index (Phi) is 4.03. The van der Waals surface area contributed by atoms with E-state index in [9.17, 15) is 4.79 Å². The molecule has 108 valence electrons. The number of hydrogen-bond donors (Lipinski definition) is 0. The summed E-state index contributed by atoms with van der Waals surface area (Å²) in [5.41, 5.74) is 1.16. The average molecular weight is 276 g/mol. The largest absolute Gasteiger partial charge is 0.462 e. The Balaban J connectivity index is 1.45. The molecule has 1 saturated heterocycles. The van der Waals surface area contributed by atoms with Crippen LogP contribution in [0.5, 0.6) is 0 Å². The number of carbonyl (C=O) groups excluding carboxylic acids is 1. The van der Waals surface area contributed by atoms with Gasteiger partial charge in [0, 0.05) is 19.3 Å². The van der Waals surface area contributed by atoms with Gasteiger partial charge in [0.15, 0.2) is 0 Å². The Hall–Kier alpha value is -1.39. The van der Waals surface area contributed by atoms with Gasteiger partial charge in [0.2, 0.25) is 0 Å². The Morgan fingerprint density at radius 1 is 1.30 bits per heavy atom. The molecule has 1 aromatic rings. The van der Waals surface area contributed by atoms with E-state index in [1.165, 1.54) is 6.92 Å². The quantitative estimate of drug-likeness (QED) is 0.774. The number of hydrogen-bond acceptors (Lipinski definition) is 4. The maximum absolute atomic E-state index is 11.1. The highest BCUT2D eigenvalue weighted by atomic mass is 16.6. The zero-order valence-corrected chi connectivity index (χ0v) is 11.7. The van der Waals surface area contributed by atoms with Crippen molar-refractivity contribution in [1.29, 1.82) is 0 Å². The van der Waals surface area contributed by atoms with Gasteiger partial charge in [-0.25, -0.2) is 0 Å². The van der Waals surface area contributed by atoms with Gasteiger partial charge in [-0.2, -0.15) is 0 Å². The molecule has 2 aliphatic rings. The van der Waals surface area contributed by atoms with Crippen molar-refractivity contribution in [2.75, 3.05) is 6.61 Å². The first kappa shape index (κ1) is 13.6. The summed E-state index contributed by atoms with van der Waals surface area (Å²) in [5.74, 6) is 0.204. The molecular formula is C16H20O4. The second-order valence-electron chi connectivity index (χ2n) is 5.58. The van der Waals surface area contributed by atoms with E-state index >= 15 is 0 Å². The van der Waals surface area contributed by atoms with Gasteiger partial charge < -0.3 is 14.2 Å². The molecule has 0 radical (unpaired) electrons. The summed E-state index contributed by atoms with van der Waals surface area (Å²) in [6.07, 6.45) is 2.06. The highest BCUT2D eigenvalue weighted by Gasteiger charge is 2.51. The van der Waals surface area contributed by atoms with E-state index in [4.69, 9.17) is 14.2 Å². The molecule has 0 N–H and O–H groups in total. The Morgan fingerprint density at radius 2 is 2.10 bits per heavy atom. The van der Waals surface area contributed by atoms with Crippen molar-refractivity contribution >= 4 is 5.97 Å². The molecule has 4 unspecified atom stereocenters. The van der Waals surface area contributed by atoms with E-state index in [0.717, 1.165) is 18.4 Å². The molecule has 4 heteroatoms. The summed E-state index contributed by atoms with van der Waals surface area (Å²) in [6.45, 7) is 2.61. The van der Waals surface area contributed by atoms with Crippen LogP contribution in [0.15, 0.2) is 30.3 Å². The predicted molar refractivity (Wildman–Crippen MR) is 73.0 cm³/mol. The first-order valence-corrected chi connectivity index (χ1v) is 7.16. The third-order valence-electron chi connectivity index (χ3n) is 3.85.